The molecule has 0 aliphatic carbocycles. The number of rotatable bonds is 3. The molecule has 0 bridgehead atoms. The molecule has 1 heterocycles. The summed E-state index contributed by atoms with van der Waals surface area (Å²) in [4.78, 5) is 2.33. The summed E-state index contributed by atoms with van der Waals surface area (Å²) in [7, 11) is 2.15. The van der Waals surface area contributed by atoms with Crippen LogP contribution in [0.3, 0.4) is 0 Å². The Morgan fingerprint density at radius 3 is 2.05 bits per heavy atom. The lowest BCUT2D eigenvalue weighted by Crippen LogP contribution is -2.46. The molecular formula is C19H22N2O. The summed E-state index contributed by atoms with van der Waals surface area (Å²) in [6.45, 7) is 2.00. The van der Waals surface area contributed by atoms with Crippen LogP contribution < -0.4 is 0 Å². The van der Waals surface area contributed by atoms with Crippen molar-refractivity contribution in [1.82, 2.24) is 4.90 Å². The molecular weight excluding hydrogens is 272 g/mol. The standard InChI is InChI=1S/C19H22N2O/c1-21-14-12-19(13-15-21,17-10-6-3-7-11-17)18(20-22)16-8-4-2-5-9-16/h2-11,22H,12-15H2,1H3/b20-18-. The van der Waals surface area contributed by atoms with Crippen molar-refractivity contribution in [2.24, 2.45) is 5.16 Å². The summed E-state index contributed by atoms with van der Waals surface area (Å²) in [5.41, 5.74) is 2.80. The SMILES string of the molecule is CN1CCC(/C(=N\O)c2ccccc2)(c2ccccc2)CC1. The van der Waals surface area contributed by atoms with Crippen molar-refractivity contribution >= 4 is 5.71 Å². The molecule has 3 heteroatoms. The number of benzene rings is 2. The zero-order chi connectivity index (χ0) is 15.4. The van der Waals surface area contributed by atoms with Gasteiger partial charge in [0.05, 0.1) is 5.71 Å². The predicted molar refractivity (Wildman–Crippen MR) is 89.6 cm³/mol. The molecule has 0 saturated carbocycles. The Balaban J connectivity index is 2.09. The van der Waals surface area contributed by atoms with Gasteiger partial charge in [-0.25, -0.2) is 0 Å². The van der Waals surface area contributed by atoms with Gasteiger partial charge >= 0.3 is 0 Å². The summed E-state index contributed by atoms with van der Waals surface area (Å²) < 4.78 is 0. The van der Waals surface area contributed by atoms with Crippen LogP contribution in [0.2, 0.25) is 0 Å². The van der Waals surface area contributed by atoms with Gasteiger partial charge in [0.15, 0.2) is 0 Å². The lowest BCUT2D eigenvalue weighted by molar-refractivity contribution is 0.223. The molecule has 0 radical (unpaired) electrons. The molecule has 22 heavy (non-hydrogen) atoms. The largest absolute Gasteiger partial charge is 0.411 e. The molecule has 1 aliphatic rings. The highest BCUT2D eigenvalue weighted by atomic mass is 16.4. The van der Waals surface area contributed by atoms with Crippen LogP contribution in [0.5, 0.6) is 0 Å². The molecule has 1 aliphatic heterocycles. The third-order valence-corrected chi connectivity index (χ3v) is 4.77. The summed E-state index contributed by atoms with van der Waals surface area (Å²) >= 11 is 0. The highest BCUT2D eigenvalue weighted by molar-refractivity contribution is 6.07. The number of nitrogens with zero attached hydrogens (tertiary/aromatic N) is 2. The van der Waals surface area contributed by atoms with E-state index in [1.54, 1.807) is 0 Å². The second kappa shape index (κ2) is 6.32. The molecule has 3 rings (SSSR count). The van der Waals surface area contributed by atoms with Crippen molar-refractivity contribution in [3.8, 4) is 0 Å². The summed E-state index contributed by atoms with van der Waals surface area (Å²) in [6.07, 6.45) is 1.92. The van der Waals surface area contributed by atoms with Gasteiger partial charge in [-0.05, 0) is 38.5 Å². The Bertz CT molecular complexity index is 629. The van der Waals surface area contributed by atoms with Crippen molar-refractivity contribution in [2.75, 3.05) is 20.1 Å². The fourth-order valence-corrected chi connectivity index (χ4v) is 3.45. The molecule has 0 amide bonds. The van der Waals surface area contributed by atoms with Crippen LogP contribution in [-0.4, -0.2) is 36.0 Å². The maximum absolute atomic E-state index is 9.80. The van der Waals surface area contributed by atoms with E-state index in [0.717, 1.165) is 37.2 Å². The number of likely N-dealkylation sites (tertiary alicyclic amines) is 1. The van der Waals surface area contributed by atoms with Gasteiger partial charge < -0.3 is 10.1 Å². The van der Waals surface area contributed by atoms with Crippen LogP contribution >= 0.6 is 0 Å². The summed E-state index contributed by atoms with van der Waals surface area (Å²) in [5, 5.41) is 13.6. The molecule has 0 unspecified atom stereocenters. The van der Waals surface area contributed by atoms with Gasteiger partial charge in [-0.2, -0.15) is 0 Å². The van der Waals surface area contributed by atoms with E-state index < -0.39 is 0 Å². The maximum atomic E-state index is 9.80. The molecule has 0 aromatic heterocycles. The molecule has 1 saturated heterocycles. The van der Waals surface area contributed by atoms with Gasteiger partial charge in [0, 0.05) is 11.0 Å². The fraction of sp³-hybridized carbons (Fsp3) is 0.316. The molecule has 114 valence electrons. The Labute approximate surface area is 131 Å². The Morgan fingerprint density at radius 2 is 1.50 bits per heavy atom. The van der Waals surface area contributed by atoms with E-state index in [2.05, 4.69) is 41.4 Å². The maximum Gasteiger partial charge on any atom is 0.0974 e. The highest BCUT2D eigenvalue weighted by Crippen LogP contribution is 2.38. The average molecular weight is 294 g/mol. The van der Waals surface area contributed by atoms with Crippen molar-refractivity contribution in [2.45, 2.75) is 18.3 Å². The van der Waals surface area contributed by atoms with Gasteiger partial charge in [0.25, 0.3) is 0 Å². The zero-order valence-electron chi connectivity index (χ0n) is 12.9. The first-order valence-corrected chi connectivity index (χ1v) is 7.78. The van der Waals surface area contributed by atoms with Gasteiger partial charge in [-0.3, -0.25) is 0 Å². The van der Waals surface area contributed by atoms with E-state index >= 15 is 0 Å². The molecule has 1 fully saturated rings. The van der Waals surface area contributed by atoms with Crippen LogP contribution in [0.15, 0.2) is 65.8 Å². The molecule has 2 aromatic rings. The second-order valence-corrected chi connectivity index (χ2v) is 6.07. The number of piperidine rings is 1. The Morgan fingerprint density at radius 1 is 0.955 bits per heavy atom. The minimum Gasteiger partial charge on any atom is -0.411 e. The molecule has 0 spiro atoms. The summed E-state index contributed by atoms with van der Waals surface area (Å²) in [6, 6.07) is 20.5. The van der Waals surface area contributed by atoms with Crippen molar-refractivity contribution < 1.29 is 5.21 Å². The van der Waals surface area contributed by atoms with Crippen LogP contribution in [0.1, 0.15) is 24.0 Å². The second-order valence-electron chi connectivity index (χ2n) is 6.07. The predicted octanol–water partition coefficient (Wildman–Crippen LogP) is 3.53. The first kappa shape index (κ1) is 14.8. The minimum absolute atomic E-state index is 0.218. The minimum atomic E-state index is -0.218. The third-order valence-electron chi connectivity index (χ3n) is 4.77. The third kappa shape index (κ3) is 2.64. The van der Waals surface area contributed by atoms with E-state index in [1.165, 1.54) is 5.56 Å². The van der Waals surface area contributed by atoms with Crippen LogP contribution in [0.25, 0.3) is 0 Å². The lowest BCUT2D eigenvalue weighted by Gasteiger charge is -2.41. The number of oxime groups is 1. The van der Waals surface area contributed by atoms with E-state index in [4.69, 9.17) is 0 Å². The number of hydrogen-bond acceptors (Lipinski definition) is 3. The molecule has 3 nitrogen and oxygen atoms in total. The zero-order valence-corrected chi connectivity index (χ0v) is 12.9. The fourth-order valence-electron chi connectivity index (χ4n) is 3.45. The van der Waals surface area contributed by atoms with E-state index in [1.807, 2.05) is 36.4 Å². The molecule has 1 N–H and O–H groups in total. The van der Waals surface area contributed by atoms with Gasteiger partial charge in [-0.1, -0.05) is 65.8 Å². The van der Waals surface area contributed by atoms with E-state index in [0.29, 0.717) is 0 Å². The smallest absolute Gasteiger partial charge is 0.0974 e. The quantitative estimate of drug-likeness (QED) is 0.534. The first-order chi connectivity index (χ1) is 10.8. The normalized spacial score (nSPS) is 19.0. The van der Waals surface area contributed by atoms with E-state index in [9.17, 15) is 5.21 Å². The van der Waals surface area contributed by atoms with Crippen LogP contribution in [-0.2, 0) is 5.41 Å². The topological polar surface area (TPSA) is 35.8 Å². The molecule has 2 aromatic carbocycles. The van der Waals surface area contributed by atoms with Crippen molar-refractivity contribution in [3.05, 3.63) is 71.8 Å². The first-order valence-electron chi connectivity index (χ1n) is 7.78. The summed E-state index contributed by atoms with van der Waals surface area (Å²) in [5.74, 6) is 0. The van der Waals surface area contributed by atoms with Crippen LogP contribution in [0.4, 0.5) is 0 Å². The lowest BCUT2D eigenvalue weighted by atomic mass is 9.67. The molecule has 0 atom stereocenters. The van der Waals surface area contributed by atoms with Crippen molar-refractivity contribution in [3.63, 3.8) is 0 Å². The van der Waals surface area contributed by atoms with Crippen LogP contribution in [0, 0.1) is 0 Å². The number of hydrogen-bond donors (Lipinski definition) is 1. The van der Waals surface area contributed by atoms with Crippen molar-refractivity contribution in [1.29, 1.82) is 0 Å². The van der Waals surface area contributed by atoms with E-state index in [-0.39, 0.29) is 5.41 Å². The average Bonchev–Trinajstić information content (AvgIpc) is 2.59. The van der Waals surface area contributed by atoms with Gasteiger partial charge in [-0.15, -0.1) is 0 Å². The van der Waals surface area contributed by atoms with Gasteiger partial charge in [0.2, 0.25) is 0 Å². The Kier molecular flexibility index (Phi) is 4.25. The highest BCUT2D eigenvalue weighted by Gasteiger charge is 2.41. The Hall–Kier alpha value is -2.13. The van der Waals surface area contributed by atoms with Gasteiger partial charge in [0.1, 0.15) is 0 Å². The monoisotopic (exact) mass is 294 g/mol.